The minimum absolute atomic E-state index is 0.0726. The lowest BCUT2D eigenvalue weighted by Gasteiger charge is -2.43. The van der Waals surface area contributed by atoms with Gasteiger partial charge in [-0.3, -0.25) is 19.2 Å². The molecule has 270 valence electrons. The number of rotatable bonds is 10. The van der Waals surface area contributed by atoms with Gasteiger partial charge in [-0.1, -0.05) is 74.9 Å². The van der Waals surface area contributed by atoms with Crippen LogP contribution < -0.4 is 10.6 Å². The molecule has 4 aliphatic rings. The van der Waals surface area contributed by atoms with Crippen LogP contribution in [0.3, 0.4) is 0 Å². The standard InChI is InChI=1S/C40H54N4O6/c1-39(2,37(47)41-29-21-13-7-14-22-29)43(35(45)27-17-9-5-10-18-27)31-25-49-34-32(26-50-33(31)34)44(36(46)28-19-11-6-12-20-28)40(3,4)38(48)42-30-23-15-8-16-24-30/h5-6,9-12,17-20,29-34H,7-8,13-16,21-26H2,1-4H3,(H,41,47)(H,42,48)/t31-,32-,33+,34+/m0/s1. The normalized spacial score (nSPS) is 24.6. The van der Waals surface area contributed by atoms with E-state index in [0.29, 0.717) is 11.1 Å². The Bertz CT molecular complexity index is 1390. The Labute approximate surface area is 296 Å². The van der Waals surface area contributed by atoms with Crippen molar-refractivity contribution in [2.24, 2.45) is 0 Å². The van der Waals surface area contributed by atoms with Crippen LogP contribution in [0.2, 0.25) is 0 Å². The zero-order valence-corrected chi connectivity index (χ0v) is 30.1. The predicted octanol–water partition coefficient (Wildman–Crippen LogP) is 5.26. The van der Waals surface area contributed by atoms with Crippen LogP contribution in [0.1, 0.15) is 113 Å². The fourth-order valence-electron chi connectivity index (χ4n) is 8.42. The maximum Gasteiger partial charge on any atom is 0.255 e. The Kier molecular flexibility index (Phi) is 11.0. The van der Waals surface area contributed by atoms with Gasteiger partial charge in [-0.05, 0) is 77.6 Å². The SMILES string of the molecule is CC(C)(C(=O)NC1CCCCC1)N(C(=O)c1ccccc1)[C@H]1CO[C@H]2[C@@H]1OC[C@@H]2N(C(=O)c1ccccc1)C(C)(C)C(=O)NC1CCCCC1. The highest BCUT2D eigenvalue weighted by molar-refractivity contribution is 6.00. The van der Waals surface area contributed by atoms with E-state index < -0.39 is 35.4 Å². The average Bonchev–Trinajstić information content (AvgIpc) is 3.73. The number of fused-ring (bicyclic) bond motifs is 1. The first-order chi connectivity index (χ1) is 24.0. The molecule has 10 heteroatoms. The summed E-state index contributed by atoms with van der Waals surface area (Å²) < 4.78 is 13.0. The van der Waals surface area contributed by atoms with Gasteiger partial charge in [0.2, 0.25) is 11.8 Å². The largest absolute Gasteiger partial charge is 0.371 e. The molecule has 4 atom stereocenters. The quantitative estimate of drug-likeness (QED) is 0.352. The molecular formula is C40H54N4O6. The van der Waals surface area contributed by atoms with Crippen LogP contribution in [-0.2, 0) is 19.1 Å². The summed E-state index contributed by atoms with van der Waals surface area (Å²) in [7, 11) is 0. The Morgan fingerprint density at radius 2 is 0.900 bits per heavy atom. The lowest BCUT2D eigenvalue weighted by atomic mass is 9.90. The summed E-state index contributed by atoms with van der Waals surface area (Å²) in [6.45, 7) is 7.38. The summed E-state index contributed by atoms with van der Waals surface area (Å²) in [6.07, 6.45) is 9.05. The zero-order valence-electron chi connectivity index (χ0n) is 30.1. The Morgan fingerprint density at radius 3 is 1.24 bits per heavy atom. The zero-order chi connectivity index (χ0) is 35.5. The highest BCUT2D eigenvalue weighted by Crippen LogP contribution is 2.39. The lowest BCUT2D eigenvalue weighted by molar-refractivity contribution is -0.133. The second-order valence-corrected chi connectivity index (χ2v) is 15.5. The van der Waals surface area contributed by atoms with Crippen molar-refractivity contribution in [1.82, 2.24) is 20.4 Å². The Balaban J connectivity index is 1.30. The third kappa shape index (κ3) is 7.33. The van der Waals surface area contributed by atoms with Crippen molar-refractivity contribution >= 4 is 23.6 Å². The molecule has 2 aliphatic heterocycles. The molecule has 50 heavy (non-hydrogen) atoms. The summed E-state index contributed by atoms with van der Waals surface area (Å²) in [5.74, 6) is -1.01. The maximum atomic E-state index is 14.4. The number of hydrogen-bond acceptors (Lipinski definition) is 6. The van der Waals surface area contributed by atoms with Gasteiger partial charge >= 0.3 is 0 Å². The molecule has 0 aromatic heterocycles. The van der Waals surface area contributed by atoms with E-state index >= 15 is 0 Å². The fourth-order valence-corrected chi connectivity index (χ4v) is 8.42. The number of nitrogens with one attached hydrogen (secondary N) is 2. The van der Waals surface area contributed by atoms with Crippen LogP contribution in [-0.4, -0.2) is 94.1 Å². The Morgan fingerprint density at radius 1 is 0.560 bits per heavy atom. The van der Waals surface area contributed by atoms with Gasteiger partial charge in [0.25, 0.3) is 11.8 Å². The highest BCUT2D eigenvalue weighted by Gasteiger charge is 2.58. The van der Waals surface area contributed by atoms with E-state index in [0.717, 1.165) is 64.2 Å². The van der Waals surface area contributed by atoms with Crippen molar-refractivity contribution in [2.75, 3.05) is 13.2 Å². The van der Waals surface area contributed by atoms with Crippen LogP contribution >= 0.6 is 0 Å². The van der Waals surface area contributed by atoms with Crippen LogP contribution in [0.25, 0.3) is 0 Å². The number of amides is 4. The van der Waals surface area contributed by atoms with Gasteiger partial charge in [-0.2, -0.15) is 0 Å². The van der Waals surface area contributed by atoms with E-state index in [9.17, 15) is 19.2 Å². The molecule has 0 bridgehead atoms. The molecule has 2 aromatic rings. The molecule has 2 N–H and O–H groups in total. The number of hydrogen-bond donors (Lipinski definition) is 2. The van der Waals surface area contributed by atoms with Crippen LogP contribution in [0.15, 0.2) is 60.7 Å². The predicted molar refractivity (Wildman–Crippen MR) is 190 cm³/mol. The van der Waals surface area contributed by atoms with Gasteiger partial charge in [0.1, 0.15) is 23.3 Å². The lowest BCUT2D eigenvalue weighted by Crippen LogP contribution is -2.65. The van der Waals surface area contributed by atoms with Crippen molar-refractivity contribution in [3.8, 4) is 0 Å². The van der Waals surface area contributed by atoms with Crippen LogP contribution in [0.4, 0.5) is 0 Å². The van der Waals surface area contributed by atoms with Crippen molar-refractivity contribution in [3.05, 3.63) is 71.8 Å². The molecule has 0 radical (unpaired) electrons. The molecule has 0 unspecified atom stereocenters. The molecule has 2 saturated carbocycles. The summed E-state index contributed by atoms with van der Waals surface area (Å²) in [4.78, 5) is 60.3. The topological polar surface area (TPSA) is 117 Å². The molecule has 2 heterocycles. The maximum absolute atomic E-state index is 14.4. The minimum Gasteiger partial charge on any atom is -0.371 e. The molecule has 0 spiro atoms. The molecule has 2 saturated heterocycles. The number of nitrogens with zero attached hydrogens (tertiary/aromatic N) is 2. The first-order valence-corrected chi connectivity index (χ1v) is 18.6. The number of benzene rings is 2. The highest BCUT2D eigenvalue weighted by atomic mass is 16.6. The fraction of sp³-hybridized carbons (Fsp3) is 0.600. The number of ether oxygens (including phenoxy) is 2. The van der Waals surface area contributed by atoms with Gasteiger partial charge < -0.3 is 29.9 Å². The smallest absolute Gasteiger partial charge is 0.255 e. The first kappa shape index (κ1) is 36.0. The minimum atomic E-state index is -1.24. The first-order valence-electron chi connectivity index (χ1n) is 18.6. The summed E-state index contributed by atoms with van der Waals surface area (Å²) in [5, 5.41) is 6.49. The van der Waals surface area contributed by atoms with Crippen molar-refractivity contribution in [3.63, 3.8) is 0 Å². The van der Waals surface area contributed by atoms with Crippen molar-refractivity contribution in [2.45, 2.75) is 139 Å². The third-order valence-electron chi connectivity index (χ3n) is 11.3. The number of carbonyl (C=O) groups excluding carboxylic acids is 4. The summed E-state index contributed by atoms with van der Waals surface area (Å²) in [5.41, 5.74) is -1.56. The summed E-state index contributed by atoms with van der Waals surface area (Å²) >= 11 is 0. The van der Waals surface area contributed by atoms with Gasteiger partial charge in [0, 0.05) is 23.2 Å². The van der Waals surface area contributed by atoms with Crippen LogP contribution in [0.5, 0.6) is 0 Å². The van der Waals surface area contributed by atoms with Crippen molar-refractivity contribution in [1.29, 1.82) is 0 Å². The van der Waals surface area contributed by atoms with Crippen LogP contribution in [0, 0.1) is 0 Å². The third-order valence-corrected chi connectivity index (χ3v) is 11.3. The van der Waals surface area contributed by atoms with E-state index in [1.807, 2.05) is 36.4 Å². The van der Waals surface area contributed by atoms with Gasteiger partial charge in [-0.25, -0.2) is 0 Å². The van der Waals surface area contributed by atoms with E-state index in [2.05, 4.69) is 10.6 Å². The molecule has 2 aromatic carbocycles. The molecule has 2 aliphatic carbocycles. The van der Waals surface area contributed by atoms with E-state index in [4.69, 9.17) is 9.47 Å². The monoisotopic (exact) mass is 686 g/mol. The number of carbonyl (C=O) groups is 4. The molecule has 10 nitrogen and oxygen atoms in total. The second kappa shape index (κ2) is 15.2. The molecule has 6 rings (SSSR count). The molecule has 4 amide bonds. The van der Waals surface area contributed by atoms with Gasteiger partial charge in [0.05, 0.1) is 25.3 Å². The average molecular weight is 687 g/mol. The Hall–Kier alpha value is -3.76. The van der Waals surface area contributed by atoms with E-state index in [-0.39, 0.29) is 48.9 Å². The molecular weight excluding hydrogens is 632 g/mol. The van der Waals surface area contributed by atoms with E-state index in [1.54, 1.807) is 61.8 Å². The summed E-state index contributed by atoms with van der Waals surface area (Å²) in [6, 6.07) is 16.9. The van der Waals surface area contributed by atoms with Gasteiger partial charge in [0.15, 0.2) is 0 Å². The van der Waals surface area contributed by atoms with Gasteiger partial charge in [-0.15, -0.1) is 0 Å². The molecule has 4 fully saturated rings. The van der Waals surface area contributed by atoms with E-state index in [1.165, 1.54) is 0 Å². The van der Waals surface area contributed by atoms with Crippen molar-refractivity contribution < 1.29 is 28.7 Å². The second-order valence-electron chi connectivity index (χ2n) is 15.5.